The third kappa shape index (κ3) is 5.54. The van der Waals surface area contributed by atoms with Crippen molar-refractivity contribution in [3.63, 3.8) is 0 Å². The van der Waals surface area contributed by atoms with Crippen LogP contribution < -0.4 is 10.6 Å². The Hall–Kier alpha value is -2.93. The van der Waals surface area contributed by atoms with E-state index in [0.717, 1.165) is 16.7 Å². The monoisotopic (exact) mass is 620 g/mol. The molecule has 4 aliphatic rings. The highest BCUT2D eigenvalue weighted by molar-refractivity contribution is 5.81. The molecule has 0 heterocycles. The van der Waals surface area contributed by atoms with Crippen LogP contribution in [0.1, 0.15) is 96.1 Å². The van der Waals surface area contributed by atoms with Crippen LogP contribution in [0.2, 0.25) is 0 Å². The maximum absolute atomic E-state index is 15.2. The standard InChI is InChI=1S/C34H41F5N2O3/c1-30(2,3)41-29(43)40-17-5-6-20-7-9-21(10-8-20)26-19-31(4)27(15-16-32(31,44)33(35,36)34(37,38)39)25-13-11-22-18-23(42)12-14-24(22)28(25)26/h7-10,22,25-27,44H,11-19H2,1-4H3,(H2,40,41,43)/t22?,25?,26-,27?,31+,32+/m1/s1. The number of Topliss-reactive ketones (excluding diaryl/α,β-unsaturated/α-hetero) is 1. The van der Waals surface area contributed by atoms with E-state index < -0.39 is 41.4 Å². The van der Waals surface area contributed by atoms with Gasteiger partial charge in [-0.3, -0.25) is 4.79 Å². The molecule has 0 radical (unpaired) electrons. The van der Waals surface area contributed by atoms with E-state index in [2.05, 4.69) is 22.5 Å². The molecule has 0 aromatic heterocycles. The number of allylic oxidation sites excluding steroid dienone is 2. The Morgan fingerprint density at radius 3 is 2.36 bits per heavy atom. The number of aliphatic hydroxyl groups is 1. The number of amides is 2. The number of nitrogens with one attached hydrogen (secondary N) is 2. The SMILES string of the molecule is CC(C)(C)NC(=O)NCC#Cc1ccc([C@H]2C[C@@]3(C)C(CC[C@@]3(O)C(F)(F)C(F)(F)F)C3CCC4CC(=O)CCC4=C32)cc1. The maximum Gasteiger partial charge on any atom is 0.456 e. The Labute approximate surface area is 255 Å². The molecule has 0 aliphatic heterocycles. The van der Waals surface area contributed by atoms with E-state index in [1.165, 1.54) is 6.92 Å². The van der Waals surface area contributed by atoms with Gasteiger partial charge in [-0.05, 0) is 94.7 Å². The summed E-state index contributed by atoms with van der Waals surface area (Å²) in [5.41, 5.74) is -1.62. The lowest BCUT2D eigenvalue weighted by molar-refractivity contribution is -0.362. The number of fused-ring (bicyclic) bond motifs is 4. The number of urea groups is 1. The molecule has 5 nitrogen and oxygen atoms in total. The van der Waals surface area contributed by atoms with Gasteiger partial charge in [-0.1, -0.05) is 42.0 Å². The molecule has 0 saturated heterocycles. The van der Waals surface area contributed by atoms with Gasteiger partial charge < -0.3 is 15.7 Å². The van der Waals surface area contributed by atoms with Crippen molar-refractivity contribution in [3.8, 4) is 11.8 Å². The van der Waals surface area contributed by atoms with Gasteiger partial charge in [0.05, 0.1) is 6.54 Å². The second-order valence-electron chi connectivity index (χ2n) is 14.3. The summed E-state index contributed by atoms with van der Waals surface area (Å²) in [5, 5.41) is 16.9. The molecule has 44 heavy (non-hydrogen) atoms. The summed E-state index contributed by atoms with van der Waals surface area (Å²) in [6, 6.07) is 6.88. The summed E-state index contributed by atoms with van der Waals surface area (Å²) < 4.78 is 71.6. The zero-order valence-corrected chi connectivity index (χ0v) is 25.6. The van der Waals surface area contributed by atoms with Gasteiger partial charge in [0, 0.05) is 35.3 Å². The maximum atomic E-state index is 15.2. The predicted molar refractivity (Wildman–Crippen MR) is 156 cm³/mol. The fourth-order valence-electron chi connectivity index (χ4n) is 8.59. The van der Waals surface area contributed by atoms with Gasteiger partial charge in [0.25, 0.3) is 0 Å². The second kappa shape index (κ2) is 11.1. The minimum atomic E-state index is -5.88. The lowest BCUT2D eigenvalue weighted by Crippen LogP contribution is -2.65. The predicted octanol–water partition coefficient (Wildman–Crippen LogP) is 7.04. The number of rotatable bonds is 3. The van der Waals surface area contributed by atoms with E-state index in [4.69, 9.17) is 0 Å². The van der Waals surface area contributed by atoms with Gasteiger partial charge >= 0.3 is 18.1 Å². The van der Waals surface area contributed by atoms with Gasteiger partial charge in [0.1, 0.15) is 11.4 Å². The third-order valence-corrected chi connectivity index (χ3v) is 10.6. The number of halogens is 5. The summed E-state index contributed by atoms with van der Waals surface area (Å²) in [5.74, 6) is -0.334. The Morgan fingerprint density at radius 1 is 1.05 bits per heavy atom. The zero-order chi connectivity index (χ0) is 32.3. The summed E-state index contributed by atoms with van der Waals surface area (Å²) in [4.78, 5) is 24.3. The van der Waals surface area contributed by atoms with Crippen molar-refractivity contribution in [1.82, 2.24) is 10.6 Å². The number of benzene rings is 1. The third-order valence-electron chi connectivity index (χ3n) is 10.6. The summed E-state index contributed by atoms with van der Waals surface area (Å²) in [6.45, 7) is 7.14. The molecule has 1 aromatic rings. The molecular weight excluding hydrogens is 579 g/mol. The average molecular weight is 621 g/mol. The molecule has 240 valence electrons. The lowest BCUT2D eigenvalue weighted by Gasteiger charge is -2.56. The molecule has 3 unspecified atom stereocenters. The summed E-state index contributed by atoms with van der Waals surface area (Å²) in [6.07, 6.45) is -3.74. The fraction of sp³-hybridized carbons (Fsp3) is 0.647. The molecule has 2 amide bonds. The summed E-state index contributed by atoms with van der Waals surface area (Å²) in [7, 11) is 0. The molecule has 0 spiro atoms. The highest BCUT2D eigenvalue weighted by atomic mass is 19.4. The molecule has 3 saturated carbocycles. The van der Waals surface area contributed by atoms with Crippen LogP contribution in [0.3, 0.4) is 0 Å². The van der Waals surface area contributed by atoms with E-state index in [1.54, 1.807) is 12.1 Å². The van der Waals surface area contributed by atoms with Crippen LogP contribution in [0.5, 0.6) is 0 Å². The van der Waals surface area contributed by atoms with E-state index in [0.29, 0.717) is 37.7 Å². The first kappa shape index (κ1) is 32.5. The van der Waals surface area contributed by atoms with Gasteiger partial charge in [0.15, 0.2) is 0 Å². The van der Waals surface area contributed by atoms with Crippen molar-refractivity contribution in [3.05, 3.63) is 46.5 Å². The Kier molecular flexibility index (Phi) is 8.23. The van der Waals surface area contributed by atoms with Crippen molar-refractivity contribution in [2.24, 2.45) is 23.2 Å². The van der Waals surface area contributed by atoms with Crippen LogP contribution >= 0.6 is 0 Å². The van der Waals surface area contributed by atoms with Gasteiger partial charge in [-0.2, -0.15) is 22.0 Å². The smallest absolute Gasteiger partial charge is 0.383 e. The van der Waals surface area contributed by atoms with E-state index in [-0.39, 0.29) is 48.6 Å². The first-order valence-electron chi connectivity index (χ1n) is 15.4. The molecule has 3 N–H and O–H groups in total. The van der Waals surface area contributed by atoms with Gasteiger partial charge in [0.2, 0.25) is 0 Å². The number of carbonyl (C=O) groups is 2. The minimum Gasteiger partial charge on any atom is -0.383 e. The fourth-order valence-corrected chi connectivity index (χ4v) is 8.59. The van der Waals surface area contributed by atoms with Gasteiger partial charge in [-0.25, -0.2) is 4.79 Å². The number of alkyl halides is 5. The summed E-state index contributed by atoms with van der Waals surface area (Å²) >= 11 is 0. The number of hydrogen-bond acceptors (Lipinski definition) is 3. The number of hydrogen-bond donors (Lipinski definition) is 3. The van der Waals surface area contributed by atoms with Crippen LogP contribution in [0.15, 0.2) is 35.4 Å². The van der Waals surface area contributed by atoms with Crippen LogP contribution in [0.4, 0.5) is 26.7 Å². The quantitative estimate of drug-likeness (QED) is 0.193. The first-order chi connectivity index (χ1) is 20.4. The van der Waals surface area contributed by atoms with Crippen LogP contribution in [-0.4, -0.2) is 46.7 Å². The van der Waals surface area contributed by atoms with Crippen molar-refractivity contribution >= 4 is 11.8 Å². The Balaban J connectivity index is 1.48. The number of ketones is 1. The van der Waals surface area contributed by atoms with Crippen LogP contribution in [0, 0.1) is 35.0 Å². The topological polar surface area (TPSA) is 78.4 Å². The van der Waals surface area contributed by atoms with Crippen LogP contribution in [0.25, 0.3) is 0 Å². The van der Waals surface area contributed by atoms with Crippen LogP contribution in [-0.2, 0) is 4.79 Å². The molecule has 1 aromatic carbocycles. The van der Waals surface area contributed by atoms with E-state index in [9.17, 15) is 27.9 Å². The number of carbonyl (C=O) groups excluding carboxylic acids is 2. The van der Waals surface area contributed by atoms with E-state index >= 15 is 8.78 Å². The molecule has 6 atom stereocenters. The highest BCUT2D eigenvalue weighted by Gasteiger charge is 2.79. The largest absolute Gasteiger partial charge is 0.456 e. The Morgan fingerprint density at radius 2 is 1.73 bits per heavy atom. The lowest BCUT2D eigenvalue weighted by atomic mass is 9.49. The van der Waals surface area contributed by atoms with E-state index in [1.807, 2.05) is 32.9 Å². The second-order valence-corrected chi connectivity index (χ2v) is 14.3. The molecule has 10 heteroatoms. The highest BCUT2D eigenvalue weighted by Crippen LogP contribution is 2.70. The van der Waals surface area contributed by atoms with Gasteiger partial charge in [-0.15, -0.1) is 0 Å². The average Bonchev–Trinajstić information content (AvgIpc) is 3.20. The molecule has 0 bridgehead atoms. The Bertz CT molecular complexity index is 1400. The van der Waals surface area contributed by atoms with Crippen molar-refractivity contribution in [2.75, 3.05) is 6.54 Å². The first-order valence-corrected chi connectivity index (χ1v) is 15.4. The van der Waals surface area contributed by atoms with Crippen molar-refractivity contribution < 1.29 is 36.6 Å². The molecular formula is C34H41F5N2O3. The molecule has 5 rings (SSSR count). The van der Waals surface area contributed by atoms with Crippen molar-refractivity contribution in [1.29, 1.82) is 0 Å². The molecule has 3 fully saturated rings. The molecule has 4 aliphatic carbocycles. The van der Waals surface area contributed by atoms with Crippen molar-refractivity contribution in [2.45, 2.75) is 108 Å². The minimum absolute atomic E-state index is 0.0479. The zero-order valence-electron chi connectivity index (χ0n) is 25.6. The normalized spacial score (nSPS) is 32.2.